The van der Waals surface area contributed by atoms with Crippen LogP contribution in [0.2, 0.25) is 0 Å². The van der Waals surface area contributed by atoms with Crippen molar-refractivity contribution in [3.8, 4) is 11.3 Å². The van der Waals surface area contributed by atoms with Gasteiger partial charge in [0.25, 0.3) is 0 Å². The molecule has 1 amide bonds. The summed E-state index contributed by atoms with van der Waals surface area (Å²) in [4.78, 5) is 23.1. The van der Waals surface area contributed by atoms with Crippen LogP contribution in [0.3, 0.4) is 0 Å². The van der Waals surface area contributed by atoms with E-state index in [9.17, 15) is 4.79 Å². The van der Waals surface area contributed by atoms with Crippen molar-refractivity contribution in [1.29, 1.82) is 0 Å². The van der Waals surface area contributed by atoms with E-state index in [1.165, 1.54) is 23.6 Å². The molecule has 1 aliphatic carbocycles. The third-order valence-electron chi connectivity index (χ3n) is 6.93. The van der Waals surface area contributed by atoms with E-state index in [4.69, 9.17) is 9.72 Å². The average molecular weight is 502 g/mol. The van der Waals surface area contributed by atoms with Gasteiger partial charge in [0.2, 0.25) is 0 Å². The lowest BCUT2D eigenvalue weighted by atomic mass is 10.0. The summed E-state index contributed by atoms with van der Waals surface area (Å²) in [5.74, 6) is 0.835. The summed E-state index contributed by atoms with van der Waals surface area (Å²) in [7, 11) is 0. The fourth-order valence-electron chi connectivity index (χ4n) is 4.87. The van der Waals surface area contributed by atoms with Gasteiger partial charge < -0.3 is 9.72 Å². The van der Waals surface area contributed by atoms with Gasteiger partial charge in [-0.05, 0) is 59.2 Å². The fraction of sp³-hybridized carbons (Fsp3) is 0.259. The fourth-order valence-corrected chi connectivity index (χ4v) is 5.25. The Bertz CT molecular complexity index is 1330. The van der Waals surface area contributed by atoms with Crippen LogP contribution in [0.25, 0.3) is 22.0 Å². The molecule has 1 aromatic heterocycles. The molecule has 1 unspecified atom stereocenters. The van der Waals surface area contributed by atoms with Crippen molar-refractivity contribution in [1.82, 2.24) is 14.9 Å². The zero-order valence-corrected chi connectivity index (χ0v) is 19.7. The highest BCUT2D eigenvalue weighted by Crippen LogP contribution is 2.58. The highest BCUT2D eigenvalue weighted by Gasteiger charge is 2.54. The standard InChI is InChI=1S/C27H24BrN3O2/c28-22-9-8-19-12-21(7-6-20(19)13-22)23-15-29-25(30-23)24-14-27(10-11-27)17-31(24)26(32)33-16-18-4-2-1-3-5-18/h1-9,12-13,15,24H,10-11,14,16-17H2,(H,29,30). The van der Waals surface area contributed by atoms with Crippen LogP contribution >= 0.6 is 15.9 Å². The average Bonchev–Trinajstić information content (AvgIpc) is 3.24. The number of imidazole rings is 1. The summed E-state index contributed by atoms with van der Waals surface area (Å²) in [5.41, 5.74) is 3.27. The third-order valence-corrected chi connectivity index (χ3v) is 7.42. The molecule has 166 valence electrons. The van der Waals surface area contributed by atoms with Crippen molar-refractivity contribution in [3.63, 3.8) is 0 Å². The Balaban J connectivity index is 1.23. The predicted octanol–water partition coefficient (Wildman–Crippen LogP) is 6.86. The molecule has 2 heterocycles. The maximum atomic E-state index is 13.0. The number of carbonyl (C=O) groups is 1. The molecule has 4 aromatic rings. The number of fused-ring (bicyclic) bond motifs is 1. The number of aromatic amines is 1. The Morgan fingerprint density at radius 2 is 1.88 bits per heavy atom. The molecular weight excluding hydrogens is 478 g/mol. The summed E-state index contributed by atoms with van der Waals surface area (Å²) in [6.45, 7) is 1.03. The van der Waals surface area contributed by atoms with Gasteiger partial charge >= 0.3 is 6.09 Å². The Hall–Kier alpha value is -3.12. The largest absolute Gasteiger partial charge is 0.445 e. The molecule has 2 aliphatic rings. The number of hydrogen-bond acceptors (Lipinski definition) is 3. The van der Waals surface area contributed by atoms with Gasteiger partial charge in [-0.3, -0.25) is 4.90 Å². The molecule has 1 aliphatic heterocycles. The minimum absolute atomic E-state index is 0.0825. The first-order valence-corrected chi connectivity index (χ1v) is 12.1. The monoisotopic (exact) mass is 501 g/mol. The molecule has 1 atom stereocenters. The lowest BCUT2D eigenvalue weighted by Crippen LogP contribution is -2.32. The highest BCUT2D eigenvalue weighted by atomic mass is 79.9. The van der Waals surface area contributed by atoms with Gasteiger partial charge in [-0.15, -0.1) is 0 Å². The van der Waals surface area contributed by atoms with E-state index in [2.05, 4.69) is 57.3 Å². The minimum Gasteiger partial charge on any atom is -0.445 e. The number of nitrogens with zero attached hydrogens (tertiary/aromatic N) is 2. The number of halogens is 1. The minimum atomic E-state index is -0.262. The van der Waals surface area contributed by atoms with Gasteiger partial charge in [0.15, 0.2) is 0 Å². The van der Waals surface area contributed by atoms with E-state index in [0.717, 1.165) is 40.1 Å². The van der Waals surface area contributed by atoms with Gasteiger partial charge in [0.1, 0.15) is 12.4 Å². The van der Waals surface area contributed by atoms with Crippen LogP contribution in [0.4, 0.5) is 4.79 Å². The normalized spacial score (nSPS) is 18.7. The number of carbonyl (C=O) groups excluding carboxylic acids is 1. The van der Waals surface area contributed by atoms with Crippen LogP contribution < -0.4 is 0 Å². The first-order valence-electron chi connectivity index (χ1n) is 11.3. The first kappa shape index (κ1) is 20.5. The summed E-state index contributed by atoms with van der Waals surface area (Å²) in [5, 5.41) is 2.36. The van der Waals surface area contributed by atoms with Crippen molar-refractivity contribution in [2.75, 3.05) is 6.54 Å². The maximum absolute atomic E-state index is 13.0. The van der Waals surface area contributed by atoms with Crippen LogP contribution in [0.1, 0.15) is 36.7 Å². The van der Waals surface area contributed by atoms with Crippen molar-refractivity contribution in [3.05, 3.63) is 88.8 Å². The number of H-pyrrole nitrogens is 1. The predicted molar refractivity (Wildman–Crippen MR) is 132 cm³/mol. The number of rotatable bonds is 4. The van der Waals surface area contributed by atoms with Crippen molar-refractivity contribution >= 4 is 32.8 Å². The van der Waals surface area contributed by atoms with Crippen molar-refractivity contribution in [2.45, 2.75) is 31.9 Å². The quantitative estimate of drug-likeness (QED) is 0.332. The second kappa shape index (κ2) is 8.03. The number of amides is 1. The highest BCUT2D eigenvalue weighted by molar-refractivity contribution is 9.10. The molecule has 0 bridgehead atoms. The van der Waals surface area contributed by atoms with E-state index >= 15 is 0 Å². The zero-order chi connectivity index (χ0) is 22.4. The Morgan fingerprint density at radius 3 is 2.70 bits per heavy atom. The van der Waals surface area contributed by atoms with Crippen molar-refractivity contribution in [2.24, 2.45) is 5.41 Å². The maximum Gasteiger partial charge on any atom is 0.410 e. The number of nitrogens with one attached hydrogen (secondary N) is 1. The second-order valence-corrected chi connectivity index (χ2v) is 10.2. The van der Waals surface area contributed by atoms with Gasteiger partial charge in [0, 0.05) is 16.6 Å². The van der Waals surface area contributed by atoms with Crippen LogP contribution in [0, 0.1) is 5.41 Å². The number of benzene rings is 3. The molecule has 3 aromatic carbocycles. The van der Waals surface area contributed by atoms with E-state index in [-0.39, 0.29) is 24.2 Å². The topological polar surface area (TPSA) is 58.2 Å². The summed E-state index contributed by atoms with van der Waals surface area (Å²) >= 11 is 3.53. The third kappa shape index (κ3) is 4.04. The molecule has 33 heavy (non-hydrogen) atoms. The Morgan fingerprint density at radius 1 is 1.09 bits per heavy atom. The number of hydrogen-bond donors (Lipinski definition) is 1. The van der Waals surface area contributed by atoms with Gasteiger partial charge in [0.05, 0.1) is 17.9 Å². The van der Waals surface area contributed by atoms with E-state index < -0.39 is 0 Å². The SMILES string of the molecule is O=C(OCc1ccccc1)N1CC2(CC2)CC1c1ncc(-c2ccc3cc(Br)ccc3c2)[nH]1. The van der Waals surface area contributed by atoms with Gasteiger partial charge in [-0.2, -0.15) is 0 Å². The molecule has 6 heteroatoms. The van der Waals surface area contributed by atoms with Crippen molar-refractivity contribution < 1.29 is 9.53 Å². The number of aromatic nitrogens is 2. The molecule has 2 fully saturated rings. The van der Waals surface area contributed by atoms with Crippen LogP contribution in [-0.4, -0.2) is 27.5 Å². The molecule has 0 radical (unpaired) electrons. The van der Waals surface area contributed by atoms with E-state index in [1.807, 2.05) is 41.4 Å². The summed E-state index contributed by atoms with van der Waals surface area (Å²) in [6.07, 6.45) is 4.88. The number of likely N-dealkylation sites (tertiary alicyclic amines) is 1. The molecule has 6 rings (SSSR count). The Kier molecular flexibility index (Phi) is 4.98. The van der Waals surface area contributed by atoms with Gasteiger partial charge in [-0.25, -0.2) is 9.78 Å². The molecule has 5 nitrogen and oxygen atoms in total. The molecule has 1 saturated carbocycles. The molecule has 1 spiro atoms. The smallest absolute Gasteiger partial charge is 0.410 e. The molecule has 1 saturated heterocycles. The molecule has 1 N–H and O–H groups in total. The molecular formula is C27H24BrN3O2. The van der Waals surface area contributed by atoms with Crippen LogP contribution in [-0.2, 0) is 11.3 Å². The first-order chi connectivity index (χ1) is 16.1. The lowest BCUT2D eigenvalue weighted by Gasteiger charge is -2.22. The summed E-state index contributed by atoms with van der Waals surface area (Å²) in [6, 6.07) is 22.4. The van der Waals surface area contributed by atoms with E-state index in [1.54, 1.807) is 0 Å². The zero-order valence-electron chi connectivity index (χ0n) is 18.1. The lowest BCUT2D eigenvalue weighted by molar-refractivity contribution is 0.0899. The van der Waals surface area contributed by atoms with Gasteiger partial charge in [-0.1, -0.05) is 64.5 Å². The Labute approximate surface area is 200 Å². The number of ether oxygens (including phenoxy) is 1. The van der Waals surface area contributed by atoms with E-state index in [0.29, 0.717) is 0 Å². The van der Waals surface area contributed by atoms with Crippen LogP contribution in [0.15, 0.2) is 77.4 Å². The van der Waals surface area contributed by atoms with Crippen LogP contribution in [0.5, 0.6) is 0 Å². The second-order valence-electron chi connectivity index (χ2n) is 9.28. The summed E-state index contributed by atoms with van der Waals surface area (Å²) < 4.78 is 6.75.